The molecule has 0 radical (unpaired) electrons. The van der Waals surface area contributed by atoms with Gasteiger partial charge < -0.3 is 19.9 Å². The molecule has 0 aliphatic carbocycles. The third-order valence-electron chi connectivity index (χ3n) is 7.54. The van der Waals surface area contributed by atoms with E-state index in [2.05, 4.69) is 65.7 Å². The van der Waals surface area contributed by atoms with Crippen molar-refractivity contribution in [3.05, 3.63) is 137 Å². The molecule has 6 heteroatoms. The maximum Gasteiger partial charge on any atom is 0.221 e. The first-order valence-corrected chi connectivity index (χ1v) is 14.2. The van der Waals surface area contributed by atoms with Crippen LogP contribution in [-0.4, -0.2) is 28.6 Å². The predicted octanol–water partition coefficient (Wildman–Crippen LogP) is 6.63. The quantitative estimate of drug-likeness (QED) is 0.232. The van der Waals surface area contributed by atoms with Crippen LogP contribution in [0.25, 0.3) is 0 Å². The predicted molar refractivity (Wildman–Crippen MR) is 161 cm³/mol. The molecule has 1 fully saturated rings. The number of carbonyl (C=O) groups is 1. The number of ether oxygens (including phenoxy) is 2. The highest BCUT2D eigenvalue weighted by molar-refractivity contribution is 5.88. The van der Waals surface area contributed by atoms with E-state index in [9.17, 15) is 9.90 Å². The molecule has 4 aromatic rings. The molecule has 4 atom stereocenters. The van der Waals surface area contributed by atoms with E-state index in [4.69, 9.17) is 9.47 Å². The average molecular weight is 551 g/mol. The van der Waals surface area contributed by atoms with Crippen LogP contribution >= 0.6 is 0 Å². The molecule has 41 heavy (non-hydrogen) atoms. The number of carbonyl (C=O) groups excluding carboxylic acids is 1. The van der Waals surface area contributed by atoms with Crippen molar-refractivity contribution in [2.24, 2.45) is 5.92 Å². The molecule has 1 heterocycles. The lowest BCUT2D eigenvalue weighted by Crippen LogP contribution is -2.44. The molecule has 1 amide bonds. The second-order valence-electron chi connectivity index (χ2n) is 10.8. The Morgan fingerprint density at radius 2 is 1.41 bits per heavy atom. The Hall–Kier alpha value is -3.81. The Morgan fingerprint density at radius 1 is 0.780 bits per heavy atom. The lowest BCUT2D eigenvalue weighted by Gasteiger charge is -2.43. The molecular formula is C35H38N2O4. The van der Waals surface area contributed by atoms with Crippen LogP contribution in [0.4, 0.5) is 5.69 Å². The van der Waals surface area contributed by atoms with E-state index in [0.29, 0.717) is 12.2 Å². The largest absolute Gasteiger partial charge is 0.392 e. The highest BCUT2D eigenvalue weighted by Gasteiger charge is 2.39. The first kappa shape index (κ1) is 28.7. The van der Waals surface area contributed by atoms with Crippen LogP contribution in [-0.2, 0) is 34.0 Å². The third-order valence-corrected chi connectivity index (χ3v) is 7.54. The first-order chi connectivity index (χ1) is 20.0. The van der Waals surface area contributed by atoms with Crippen molar-refractivity contribution in [1.29, 1.82) is 0 Å². The van der Waals surface area contributed by atoms with Crippen LogP contribution in [0.2, 0.25) is 0 Å². The van der Waals surface area contributed by atoms with Crippen molar-refractivity contribution in [2.45, 2.75) is 52.0 Å². The van der Waals surface area contributed by atoms with Gasteiger partial charge in [-0.3, -0.25) is 9.69 Å². The zero-order chi connectivity index (χ0) is 28.6. The molecule has 0 bridgehead atoms. The van der Waals surface area contributed by atoms with Crippen LogP contribution in [0, 0.1) is 5.92 Å². The maximum atomic E-state index is 11.7. The van der Waals surface area contributed by atoms with Crippen LogP contribution < -0.4 is 5.32 Å². The van der Waals surface area contributed by atoms with E-state index in [1.54, 1.807) is 0 Å². The molecule has 0 aromatic heterocycles. The van der Waals surface area contributed by atoms with Crippen LogP contribution in [0.1, 0.15) is 54.1 Å². The van der Waals surface area contributed by atoms with Crippen molar-refractivity contribution in [3.63, 3.8) is 0 Å². The van der Waals surface area contributed by atoms with Crippen molar-refractivity contribution in [2.75, 3.05) is 11.9 Å². The second-order valence-corrected chi connectivity index (χ2v) is 10.8. The fourth-order valence-electron chi connectivity index (χ4n) is 5.42. The van der Waals surface area contributed by atoms with Gasteiger partial charge in [0.05, 0.1) is 18.8 Å². The molecule has 4 aromatic carbocycles. The summed E-state index contributed by atoms with van der Waals surface area (Å²) in [6, 6.07) is 36.6. The zero-order valence-corrected chi connectivity index (χ0v) is 23.6. The van der Waals surface area contributed by atoms with Gasteiger partial charge in [-0.05, 0) is 34.4 Å². The molecular weight excluding hydrogens is 512 g/mol. The Morgan fingerprint density at radius 3 is 2.00 bits per heavy atom. The van der Waals surface area contributed by atoms with Crippen molar-refractivity contribution >= 4 is 11.6 Å². The van der Waals surface area contributed by atoms with E-state index in [1.165, 1.54) is 18.1 Å². The Balaban J connectivity index is 1.45. The number of nitrogens with one attached hydrogen (secondary N) is 1. The van der Waals surface area contributed by atoms with Gasteiger partial charge in [0.2, 0.25) is 5.91 Å². The minimum Gasteiger partial charge on any atom is -0.392 e. The van der Waals surface area contributed by atoms with Crippen molar-refractivity contribution in [3.8, 4) is 0 Å². The van der Waals surface area contributed by atoms with E-state index >= 15 is 0 Å². The summed E-state index contributed by atoms with van der Waals surface area (Å²) >= 11 is 0. The summed E-state index contributed by atoms with van der Waals surface area (Å²) in [5, 5.41) is 12.4. The van der Waals surface area contributed by atoms with Gasteiger partial charge in [0, 0.05) is 43.7 Å². The van der Waals surface area contributed by atoms with Gasteiger partial charge in [0.15, 0.2) is 6.29 Å². The first-order valence-electron chi connectivity index (χ1n) is 14.2. The fraction of sp³-hybridized carbons (Fsp3) is 0.286. The van der Waals surface area contributed by atoms with Gasteiger partial charge in [-0.1, -0.05) is 104 Å². The van der Waals surface area contributed by atoms with Crippen LogP contribution in [0.5, 0.6) is 0 Å². The average Bonchev–Trinajstić information content (AvgIpc) is 2.99. The number of aliphatic hydroxyl groups excluding tert-OH is 1. The highest BCUT2D eigenvalue weighted by atomic mass is 16.7. The molecule has 0 unspecified atom stereocenters. The maximum absolute atomic E-state index is 11.7. The van der Waals surface area contributed by atoms with Crippen LogP contribution in [0.15, 0.2) is 109 Å². The molecule has 0 saturated carbocycles. The van der Waals surface area contributed by atoms with E-state index < -0.39 is 6.29 Å². The standard InChI is InChI=1S/C35H38N2O4/c1-25-33(23-37(21-27-10-5-3-6-11-27)22-28-12-7-4-8-13-28)40-35(31-14-9-15-32(20-31)36-26(2)39)41-34(25)30-18-16-29(24-38)17-19-30/h3-20,25,33-35,38H,21-24H2,1-2H3,(H,36,39)/t25-,33+,34+,35+/m1/s1. The molecule has 212 valence electrons. The number of benzene rings is 4. The Labute approximate surface area is 242 Å². The lowest BCUT2D eigenvalue weighted by atomic mass is 9.89. The van der Waals surface area contributed by atoms with Gasteiger partial charge >= 0.3 is 0 Å². The monoisotopic (exact) mass is 550 g/mol. The summed E-state index contributed by atoms with van der Waals surface area (Å²) in [6.45, 7) is 5.98. The third kappa shape index (κ3) is 7.69. The van der Waals surface area contributed by atoms with E-state index in [1.807, 2.05) is 60.7 Å². The summed E-state index contributed by atoms with van der Waals surface area (Å²) in [6.07, 6.45) is -0.956. The minimum absolute atomic E-state index is 0.000405. The number of aliphatic hydroxyl groups is 1. The van der Waals surface area contributed by atoms with Gasteiger partial charge in [-0.15, -0.1) is 0 Å². The van der Waals surface area contributed by atoms with Crippen LogP contribution in [0.3, 0.4) is 0 Å². The van der Waals surface area contributed by atoms with Gasteiger partial charge in [0.1, 0.15) is 0 Å². The molecule has 1 aliphatic rings. The highest BCUT2D eigenvalue weighted by Crippen LogP contribution is 2.42. The van der Waals surface area contributed by atoms with Gasteiger partial charge in [-0.25, -0.2) is 0 Å². The van der Waals surface area contributed by atoms with E-state index in [0.717, 1.165) is 29.8 Å². The van der Waals surface area contributed by atoms with Crippen molar-refractivity contribution in [1.82, 2.24) is 4.90 Å². The summed E-state index contributed by atoms with van der Waals surface area (Å²) in [5.74, 6) is -0.0720. The lowest BCUT2D eigenvalue weighted by molar-refractivity contribution is -0.276. The number of hydrogen-bond acceptors (Lipinski definition) is 5. The summed E-state index contributed by atoms with van der Waals surface area (Å²) in [7, 11) is 0. The number of nitrogens with zero attached hydrogens (tertiary/aromatic N) is 1. The molecule has 1 saturated heterocycles. The topological polar surface area (TPSA) is 71.0 Å². The van der Waals surface area contributed by atoms with E-state index in [-0.39, 0.29) is 30.6 Å². The zero-order valence-electron chi connectivity index (χ0n) is 23.6. The normalized spacial score (nSPS) is 20.6. The Kier molecular flexibility index (Phi) is 9.59. The SMILES string of the molecule is CC(=O)Nc1cccc([C@H]2O[C@@H](CN(Cc3ccccc3)Cc3ccccc3)[C@@H](C)[C@@H](c3ccc(CO)cc3)O2)c1. The number of anilines is 1. The molecule has 2 N–H and O–H groups in total. The molecule has 1 aliphatic heterocycles. The van der Waals surface area contributed by atoms with Gasteiger partial charge in [-0.2, -0.15) is 0 Å². The summed E-state index contributed by atoms with van der Waals surface area (Å²) in [4.78, 5) is 14.1. The van der Waals surface area contributed by atoms with Gasteiger partial charge in [0.25, 0.3) is 0 Å². The molecule has 0 spiro atoms. The van der Waals surface area contributed by atoms with Crippen molar-refractivity contribution < 1.29 is 19.4 Å². The number of amides is 1. The second kappa shape index (κ2) is 13.7. The minimum atomic E-state index is -0.609. The molecule has 5 rings (SSSR count). The Bertz CT molecular complexity index is 1350. The number of rotatable bonds is 10. The molecule has 6 nitrogen and oxygen atoms in total. The summed E-state index contributed by atoms with van der Waals surface area (Å²) in [5.41, 5.74) is 5.96. The number of hydrogen-bond donors (Lipinski definition) is 2. The fourth-order valence-corrected chi connectivity index (χ4v) is 5.42. The smallest absolute Gasteiger partial charge is 0.221 e. The summed E-state index contributed by atoms with van der Waals surface area (Å²) < 4.78 is 13.4.